The predicted molar refractivity (Wildman–Crippen MR) is 74.1 cm³/mol. The lowest BCUT2D eigenvalue weighted by atomic mass is 9.96. The Hall–Kier alpha value is -1.33. The minimum Gasteiger partial charge on any atom is -0.353 e. The number of H-pyrrole nitrogens is 1. The van der Waals surface area contributed by atoms with Crippen LogP contribution in [0.4, 0.5) is 5.82 Å². The van der Waals surface area contributed by atoms with Crippen molar-refractivity contribution < 1.29 is 0 Å². The van der Waals surface area contributed by atoms with Crippen molar-refractivity contribution in [3.05, 3.63) is 21.9 Å². The smallest absolute Gasteiger partial charge is 0.154 e. The van der Waals surface area contributed by atoms with Gasteiger partial charge in [0.1, 0.15) is 0 Å². The van der Waals surface area contributed by atoms with Crippen LogP contribution in [0.2, 0.25) is 0 Å². The van der Waals surface area contributed by atoms with E-state index in [4.69, 9.17) is 5.73 Å². The number of nitrogens with zero attached hydrogens (tertiary/aromatic N) is 2. The Morgan fingerprint density at radius 1 is 1.44 bits per heavy atom. The third-order valence-electron chi connectivity index (χ3n) is 3.99. The van der Waals surface area contributed by atoms with Crippen molar-refractivity contribution in [1.29, 1.82) is 0 Å². The summed E-state index contributed by atoms with van der Waals surface area (Å²) in [5.74, 6) is 1.13. The lowest BCUT2D eigenvalue weighted by molar-refractivity contribution is 0.751. The largest absolute Gasteiger partial charge is 0.353 e. The predicted octanol–water partition coefficient (Wildman–Crippen LogP) is 1.77. The average molecular weight is 260 g/mol. The highest BCUT2D eigenvalue weighted by atomic mass is 32.1. The number of aromatic nitrogens is 2. The maximum Gasteiger partial charge on any atom is 0.154 e. The monoisotopic (exact) mass is 260 g/mol. The van der Waals surface area contributed by atoms with Crippen molar-refractivity contribution in [1.82, 2.24) is 10.2 Å². The number of aromatic amines is 1. The molecular formula is C13H16N4S. The van der Waals surface area contributed by atoms with Gasteiger partial charge in [-0.2, -0.15) is 5.10 Å². The molecule has 1 fully saturated rings. The van der Waals surface area contributed by atoms with Crippen LogP contribution in [0.25, 0.3) is 11.3 Å². The Labute approximate surface area is 110 Å². The summed E-state index contributed by atoms with van der Waals surface area (Å²) < 4.78 is 0. The van der Waals surface area contributed by atoms with E-state index in [1.165, 1.54) is 21.7 Å². The van der Waals surface area contributed by atoms with E-state index in [-0.39, 0.29) is 0 Å². The topological polar surface area (TPSA) is 57.9 Å². The van der Waals surface area contributed by atoms with Gasteiger partial charge in [0.15, 0.2) is 5.82 Å². The lowest BCUT2D eigenvalue weighted by Gasteiger charge is -2.19. The summed E-state index contributed by atoms with van der Waals surface area (Å²) in [7, 11) is 0. The molecule has 4 nitrogen and oxygen atoms in total. The van der Waals surface area contributed by atoms with E-state index in [0.29, 0.717) is 6.04 Å². The van der Waals surface area contributed by atoms with E-state index >= 15 is 0 Å². The van der Waals surface area contributed by atoms with Crippen molar-refractivity contribution >= 4 is 17.2 Å². The molecule has 0 aromatic carbocycles. The number of thiophene rings is 1. The van der Waals surface area contributed by atoms with Gasteiger partial charge in [0.25, 0.3) is 0 Å². The second-order valence-electron chi connectivity index (χ2n) is 5.15. The molecule has 4 rings (SSSR count). The van der Waals surface area contributed by atoms with E-state index in [0.717, 1.165) is 38.2 Å². The first kappa shape index (κ1) is 10.6. The molecule has 0 saturated carbocycles. The van der Waals surface area contributed by atoms with E-state index in [9.17, 15) is 0 Å². The first-order valence-corrected chi connectivity index (χ1v) is 7.35. The van der Waals surface area contributed by atoms with Crippen molar-refractivity contribution in [3.63, 3.8) is 0 Å². The number of aryl methyl sites for hydroxylation is 1. The van der Waals surface area contributed by atoms with Gasteiger partial charge in [0.05, 0.1) is 5.69 Å². The van der Waals surface area contributed by atoms with Crippen molar-refractivity contribution in [3.8, 4) is 11.3 Å². The fourth-order valence-corrected chi connectivity index (χ4v) is 3.94. The maximum absolute atomic E-state index is 5.99. The average Bonchev–Trinajstić information content (AvgIpc) is 3.03. The van der Waals surface area contributed by atoms with E-state index < -0.39 is 0 Å². The number of fused-ring (bicyclic) bond motifs is 3. The fourth-order valence-electron chi connectivity index (χ4n) is 3.05. The van der Waals surface area contributed by atoms with Gasteiger partial charge in [0.2, 0.25) is 0 Å². The van der Waals surface area contributed by atoms with Crippen LogP contribution in [0.3, 0.4) is 0 Å². The van der Waals surface area contributed by atoms with Crippen LogP contribution in [0, 0.1) is 0 Å². The quantitative estimate of drug-likeness (QED) is 0.821. The molecule has 18 heavy (non-hydrogen) atoms. The number of hydrogen-bond donors (Lipinski definition) is 2. The van der Waals surface area contributed by atoms with E-state index in [1.54, 1.807) is 0 Å². The third kappa shape index (κ3) is 1.44. The van der Waals surface area contributed by atoms with E-state index in [2.05, 4.69) is 26.5 Å². The number of anilines is 1. The Morgan fingerprint density at radius 2 is 2.39 bits per heavy atom. The summed E-state index contributed by atoms with van der Waals surface area (Å²) in [6.07, 6.45) is 3.32. The summed E-state index contributed by atoms with van der Waals surface area (Å²) >= 11 is 1.85. The van der Waals surface area contributed by atoms with Gasteiger partial charge in [0, 0.05) is 35.1 Å². The molecule has 0 bridgehead atoms. The molecule has 1 aliphatic carbocycles. The van der Waals surface area contributed by atoms with Crippen LogP contribution in [-0.2, 0) is 12.8 Å². The summed E-state index contributed by atoms with van der Waals surface area (Å²) in [5.41, 5.74) is 9.95. The molecule has 0 radical (unpaired) electrons. The Kier molecular flexibility index (Phi) is 2.25. The molecule has 2 aromatic rings. The van der Waals surface area contributed by atoms with E-state index in [1.807, 2.05) is 11.3 Å². The molecular weight excluding hydrogens is 244 g/mol. The zero-order chi connectivity index (χ0) is 12.1. The molecule has 1 saturated heterocycles. The Morgan fingerprint density at radius 3 is 3.22 bits per heavy atom. The first-order valence-electron chi connectivity index (χ1n) is 6.47. The summed E-state index contributed by atoms with van der Waals surface area (Å²) in [6, 6.07) is 2.51. The number of nitrogens with one attached hydrogen (secondary N) is 1. The normalized spacial score (nSPS) is 22.1. The van der Waals surface area contributed by atoms with Gasteiger partial charge < -0.3 is 10.6 Å². The first-order chi connectivity index (χ1) is 8.83. The highest BCUT2D eigenvalue weighted by Gasteiger charge is 2.28. The second kappa shape index (κ2) is 3.83. The molecule has 3 heterocycles. The van der Waals surface area contributed by atoms with Crippen molar-refractivity contribution in [2.45, 2.75) is 25.3 Å². The zero-order valence-corrected chi connectivity index (χ0v) is 11.0. The summed E-state index contributed by atoms with van der Waals surface area (Å²) in [5, 5.41) is 9.95. The molecule has 1 unspecified atom stereocenters. The van der Waals surface area contributed by atoms with Gasteiger partial charge in [-0.1, -0.05) is 0 Å². The molecule has 2 aliphatic rings. The Balaban J connectivity index is 1.77. The zero-order valence-electron chi connectivity index (χ0n) is 10.1. The summed E-state index contributed by atoms with van der Waals surface area (Å²) in [4.78, 5) is 3.81. The van der Waals surface area contributed by atoms with Gasteiger partial charge in [-0.25, -0.2) is 0 Å². The highest BCUT2D eigenvalue weighted by molar-refractivity contribution is 7.10. The standard InChI is InChI=1S/C13H16N4S/c14-8-3-5-17(7-8)13-10-1-2-11-9(4-6-18-11)12(10)15-16-13/h4,6,8H,1-3,5,7,14H2,(H,15,16). The number of rotatable bonds is 1. The van der Waals surface area contributed by atoms with Crippen LogP contribution >= 0.6 is 11.3 Å². The number of hydrogen-bond acceptors (Lipinski definition) is 4. The molecule has 3 N–H and O–H groups in total. The SMILES string of the molecule is NC1CCN(c2n[nH]c3c2CCc2sccc2-3)C1. The second-order valence-corrected chi connectivity index (χ2v) is 6.15. The van der Waals surface area contributed by atoms with Crippen LogP contribution in [0.1, 0.15) is 16.9 Å². The molecule has 0 spiro atoms. The maximum atomic E-state index is 5.99. The number of nitrogens with two attached hydrogens (primary N) is 1. The minimum atomic E-state index is 0.303. The molecule has 2 aromatic heterocycles. The molecule has 0 amide bonds. The molecule has 1 atom stereocenters. The fraction of sp³-hybridized carbons (Fsp3) is 0.462. The molecule has 1 aliphatic heterocycles. The lowest BCUT2D eigenvalue weighted by Crippen LogP contribution is -2.27. The van der Waals surface area contributed by atoms with Crippen LogP contribution in [0.15, 0.2) is 11.4 Å². The summed E-state index contributed by atoms with van der Waals surface area (Å²) in [6.45, 7) is 1.97. The highest BCUT2D eigenvalue weighted by Crippen LogP contribution is 2.39. The Bertz CT molecular complexity index is 586. The van der Waals surface area contributed by atoms with Gasteiger partial charge in [-0.05, 0) is 30.7 Å². The minimum absolute atomic E-state index is 0.303. The molecule has 94 valence electrons. The van der Waals surface area contributed by atoms with Gasteiger partial charge in [-0.3, -0.25) is 5.10 Å². The van der Waals surface area contributed by atoms with Crippen LogP contribution in [-0.4, -0.2) is 29.3 Å². The van der Waals surface area contributed by atoms with Gasteiger partial charge in [-0.15, -0.1) is 11.3 Å². The van der Waals surface area contributed by atoms with Crippen molar-refractivity contribution in [2.24, 2.45) is 5.73 Å². The molecule has 5 heteroatoms. The van der Waals surface area contributed by atoms with Gasteiger partial charge >= 0.3 is 0 Å². The third-order valence-corrected chi connectivity index (χ3v) is 4.97. The van der Waals surface area contributed by atoms with Crippen LogP contribution < -0.4 is 10.6 Å². The van der Waals surface area contributed by atoms with Crippen molar-refractivity contribution in [2.75, 3.05) is 18.0 Å². The van der Waals surface area contributed by atoms with Crippen LogP contribution in [0.5, 0.6) is 0 Å².